The lowest BCUT2D eigenvalue weighted by Crippen LogP contribution is -2.18. The van der Waals surface area contributed by atoms with Gasteiger partial charge in [-0.1, -0.05) is 27.7 Å². The fourth-order valence-electron chi connectivity index (χ4n) is 1.79. The predicted molar refractivity (Wildman–Crippen MR) is 56.0 cm³/mol. The van der Waals surface area contributed by atoms with Gasteiger partial charge in [-0.3, -0.25) is 0 Å². The summed E-state index contributed by atoms with van der Waals surface area (Å²) in [6.45, 7) is 12.1. The van der Waals surface area contributed by atoms with Gasteiger partial charge in [0.1, 0.15) is 0 Å². The van der Waals surface area contributed by atoms with Gasteiger partial charge in [0.25, 0.3) is 0 Å². The van der Waals surface area contributed by atoms with Crippen LogP contribution in [-0.2, 0) is 18.4 Å². The van der Waals surface area contributed by atoms with Crippen LogP contribution in [0.1, 0.15) is 46.0 Å². The molecule has 2 nitrogen and oxygen atoms in total. The average Bonchev–Trinajstić information content (AvgIpc) is 2.45. The van der Waals surface area contributed by atoms with Gasteiger partial charge in [0.15, 0.2) is 0 Å². The third-order valence-electron chi connectivity index (χ3n) is 2.30. The maximum absolute atomic E-state index is 4.43. The van der Waals surface area contributed by atoms with E-state index in [9.17, 15) is 0 Å². The maximum atomic E-state index is 4.43. The Labute approximate surface area is 81.0 Å². The monoisotopic (exact) mass is 180 g/mol. The molecule has 0 saturated carbocycles. The minimum Gasteiger partial charge on any atom is -0.334 e. The van der Waals surface area contributed by atoms with E-state index in [1.807, 2.05) is 6.33 Å². The zero-order chi connectivity index (χ0) is 10.1. The van der Waals surface area contributed by atoms with E-state index in [-0.39, 0.29) is 5.41 Å². The highest BCUT2D eigenvalue weighted by atomic mass is 15.1. The summed E-state index contributed by atoms with van der Waals surface area (Å²) in [5.74, 6) is 0. The molecule has 0 aliphatic heterocycles. The molecule has 1 rings (SSSR count). The molecule has 0 unspecified atom stereocenters. The second kappa shape index (κ2) is 3.52. The van der Waals surface area contributed by atoms with Crippen molar-refractivity contribution >= 4 is 0 Å². The Hall–Kier alpha value is -0.790. The largest absolute Gasteiger partial charge is 0.334 e. The van der Waals surface area contributed by atoms with Crippen molar-refractivity contribution in [2.45, 2.75) is 53.0 Å². The summed E-state index contributed by atoms with van der Waals surface area (Å²) in [6, 6.07) is 0. The van der Waals surface area contributed by atoms with E-state index < -0.39 is 0 Å². The number of aromatic nitrogens is 2. The number of hydrogen-bond acceptors (Lipinski definition) is 1. The lowest BCUT2D eigenvalue weighted by molar-refractivity contribution is 0.520. The van der Waals surface area contributed by atoms with E-state index in [0.717, 1.165) is 13.0 Å². The normalized spacial score (nSPS) is 12.1. The minimum absolute atomic E-state index is 0.206. The molecule has 0 bridgehead atoms. The lowest BCUT2D eigenvalue weighted by atomic mass is 9.90. The Kier molecular flexibility index (Phi) is 2.79. The van der Waals surface area contributed by atoms with Crippen molar-refractivity contribution in [2.24, 2.45) is 0 Å². The number of rotatable bonds is 2. The highest BCUT2D eigenvalue weighted by Crippen LogP contribution is 2.25. The summed E-state index contributed by atoms with van der Waals surface area (Å²) >= 11 is 0. The first-order chi connectivity index (χ1) is 6.00. The van der Waals surface area contributed by atoms with Crippen LogP contribution >= 0.6 is 0 Å². The van der Waals surface area contributed by atoms with E-state index in [4.69, 9.17) is 0 Å². The van der Waals surface area contributed by atoms with Gasteiger partial charge in [0, 0.05) is 17.7 Å². The molecular weight excluding hydrogens is 160 g/mol. The van der Waals surface area contributed by atoms with Gasteiger partial charge < -0.3 is 4.57 Å². The molecular formula is C11H20N2. The summed E-state index contributed by atoms with van der Waals surface area (Å²) in [7, 11) is 0. The van der Waals surface area contributed by atoms with Crippen LogP contribution in [0.25, 0.3) is 0 Å². The Balaban J connectivity index is 3.20. The van der Waals surface area contributed by atoms with Gasteiger partial charge in [-0.15, -0.1) is 0 Å². The number of imidazole rings is 1. The Morgan fingerprint density at radius 2 is 1.92 bits per heavy atom. The molecule has 0 saturated heterocycles. The Bertz CT molecular complexity index is 257. The molecule has 13 heavy (non-hydrogen) atoms. The van der Waals surface area contributed by atoms with Crippen LogP contribution in [0.3, 0.4) is 0 Å². The van der Waals surface area contributed by atoms with Crippen LogP contribution in [0.15, 0.2) is 6.33 Å². The van der Waals surface area contributed by atoms with Crippen molar-refractivity contribution in [3.8, 4) is 0 Å². The number of hydrogen-bond donors (Lipinski definition) is 0. The summed E-state index contributed by atoms with van der Waals surface area (Å²) in [5.41, 5.74) is 2.84. The second-order valence-corrected chi connectivity index (χ2v) is 4.43. The molecule has 0 spiro atoms. The molecule has 0 amide bonds. The first-order valence-corrected chi connectivity index (χ1v) is 5.05. The Morgan fingerprint density at radius 3 is 2.31 bits per heavy atom. The van der Waals surface area contributed by atoms with Gasteiger partial charge in [-0.25, -0.2) is 4.98 Å². The molecule has 74 valence electrons. The van der Waals surface area contributed by atoms with Gasteiger partial charge in [0.2, 0.25) is 0 Å². The number of aryl methyl sites for hydroxylation is 2. The van der Waals surface area contributed by atoms with E-state index in [0.29, 0.717) is 0 Å². The first kappa shape index (κ1) is 10.3. The SMILES string of the molecule is CCc1ncn(CC)c1C(C)(C)C. The summed E-state index contributed by atoms with van der Waals surface area (Å²) in [5, 5.41) is 0. The van der Waals surface area contributed by atoms with Gasteiger partial charge in [0.05, 0.1) is 12.0 Å². The van der Waals surface area contributed by atoms with E-state index in [1.54, 1.807) is 0 Å². The third-order valence-corrected chi connectivity index (χ3v) is 2.30. The van der Waals surface area contributed by atoms with Gasteiger partial charge in [-0.2, -0.15) is 0 Å². The van der Waals surface area contributed by atoms with Crippen LogP contribution in [0.2, 0.25) is 0 Å². The number of nitrogens with zero attached hydrogens (tertiary/aromatic N) is 2. The van der Waals surface area contributed by atoms with Crippen molar-refractivity contribution in [1.82, 2.24) is 9.55 Å². The molecule has 0 atom stereocenters. The zero-order valence-corrected chi connectivity index (χ0v) is 9.39. The zero-order valence-electron chi connectivity index (χ0n) is 9.39. The lowest BCUT2D eigenvalue weighted by Gasteiger charge is -2.21. The fourth-order valence-corrected chi connectivity index (χ4v) is 1.79. The van der Waals surface area contributed by atoms with Crippen LogP contribution < -0.4 is 0 Å². The summed E-state index contributed by atoms with van der Waals surface area (Å²) in [4.78, 5) is 4.43. The predicted octanol–water partition coefficient (Wildman–Crippen LogP) is 2.76. The standard InChI is InChI=1S/C11H20N2/c1-6-9-10(11(3,4)5)13(7-2)8-12-9/h8H,6-7H2,1-5H3. The van der Waals surface area contributed by atoms with Crippen molar-refractivity contribution in [2.75, 3.05) is 0 Å². The van der Waals surface area contributed by atoms with Crippen LogP contribution in [0.5, 0.6) is 0 Å². The van der Waals surface area contributed by atoms with Crippen molar-refractivity contribution < 1.29 is 0 Å². The molecule has 0 fully saturated rings. The van der Waals surface area contributed by atoms with Crippen molar-refractivity contribution in [3.05, 3.63) is 17.7 Å². The molecule has 1 aromatic rings. The fraction of sp³-hybridized carbons (Fsp3) is 0.727. The molecule has 0 aromatic carbocycles. The quantitative estimate of drug-likeness (QED) is 0.684. The van der Waals surface area contributed by atoms with E-state index >= 15 is 0 Å². The highest BCUT2D eigenvalue weighted by molar-refractivity contribution is 5.21. The molecule has 0 aliphatic rings. The molecule has 0 aliphatic carbocycles. The van der Waals surface area contributed by atoms with Gasteiger partial charge in [-0.05, 0) is 13.3 Å². The molecule has 0 radical (unpaired) electrons. The Morgan fingerprint density at radius 1 is 1.31 bits per heavy atom. The van der Waals surface area contributed by atoms with Crippen LogP contribution in [0, 0.1) is 0 Å². The third kappa shape index (κ3) is 1.93. The first-order valence-electron chi connectivity index (χ1n) is 5.05. The van der Waals surface area contributed by atoms with E-state index in [2.05, 4.69) is 44.2 Å². The van der Waals surface area contributed by atoms with Crippen molar-refractivity contribution in [1.29, 1.82) is 0 Å². The maximum Gasteiger partial charge on any atom is 0.0951 e. The molecule has 1 aromatic heterocycles. The molecule has 2 heteroatoms. The van der Waals surface area contributed by atoms with Crippen LogP contribution in [-0.4, -0.2) is 9.55 Å². The highest BCUT2D eigenvalue weighted by Gasteiger charge is 2.22. The summed E-state index contributed by atoms with van der Waals surface area (Å²) < 4.78 is 2.25. The van der Waals surface area contributed by atoms with Crippen LogP contribution in [0.4, 0.5) is 0 Å². The topological polar surface area (TPSA) is 17.8 Å². The summed E-state index contributed by atoms with van der Waals surface area (Å²) in [6.07, 6.45) is 2.99. The second-order valence-electron chi connectivity index (χ2n) is 4.43. The average molecular weight is 180 g/mol. The smallest absolute Gasteiger partial charge is 0.0951 e. The molecule has 0 N–H and O–H groups in total. The van der Waals surface area contributed by atoms with Crippen molar-refractivity contribution in [3.63, 3.8) is 0 Å². The molecule has 1 heterocycles. The minimum atomic E-state index is 0.206. The van der Waals surface area contributed by atoms with E-state index in [1.165, 1.54) is 11.4 Å². The van der Waals surface area contributed by atoms with Gasteiger partial charge >= 0.3 is 0 Å².